The minimum absolute atomic E-state index is 0.509. The molecule has 0 amide bonds. The Bertz CT molecular complexity index is 958. The summed E-state index contributed by atoms with van der Waals surface area (Å²) in [7, 11) is 0. The highest BCUT2D eigenvalue weighted by molar-refractivity contribution is 6.34. The number of para-hydroxylation sites is 1. The summed E-state index contributed by atoms with van der Waals surface area (Å²) in [5.41, 5.74) is 3.73. The third kappa shape index (κ3) is 1.82. The quantitative estimate of drug-likeness (QED) is 0.483. The standard InChI is InChI=1S/C17H12ClN3/c1-11-19-15(12-7-3-2-4-8-12)17-20-16(18)13-9-5-6-10-14(13)21(11)17/h2-10H,1H3. The molecule has 3 nitrogen and oxygen atoms in total. The van der Waals surface area contributed by atoms with Crippen LogP contribution in [0.25, 0.3) is 27.8 Å². The fourth-order valence-electron chi connectivity index (χ4n) is 2.70. The number of rotatable bonds is 1. The molecule has 2 aromatic heterocycles. The number of nitrogens with zero attached hydrogens (tertiary/aromatic N) is 3. The molecular formula is C17H12ClN3. The monoisotopic (exact) mass is 293 g/mol. The van der Waals surface area contributed by atoms with Crippen LogP contribution in [-0.2, 0) is 0 Å². The summed E-state index contributed by atoms with van der Waals surface area (Å²) >= 11 is 6.35. The van der Waals surface area contributed by atoms with Crippen molar-refractivity contribution in [2.24, 2.45) is 0 Å². The Labute approximate surface area is 126 Å². The van der Waals surface area contributed by atoms with E-state index < -0.39 is 0 Å². The number of benzene rings is 2. The van der Waals surface area contributed by atoms with Gasteiger partial charge in [0.15, 0.2) is 5.65 Å². The molecule has 4 aromatic rings. The van der Waals surface area contributed by atoms with Gasteiger partial charge in [0.25, 0.3) is 0 Å². The topological polar surface area (TPSA) is 30.2 Å². The Kier molecular flexibility index (Phi) is 2.69. The molecule has 0 aliphatic carbocycles. The summed E-state index contributed by atoms with van der Waals surface area (Å²) in [5, 5.41) is 1.45. The lowest BCUT2D eigenvalue weighted by Crippen LogP contribution is -1.94. The van der Waals surface area contributed by atoms with E-state index in [1.807, 2.05) is 61.5 Å². The van der Waals surface area contributed by atoms with Gasteiger partial charge in [0.2, 0.25) is 0 Å². The van der Waals surface area contributed by atoms with Crippen LogP contribution < -0.4 is 0 Å². The van der Waals surface area contributed by atoms with Gasteiger partial charge in [-0.1, -0.05) is 54.1 Å². The number of hydrogen-bond donors (Lipinski definition) is 0. The highest BCUT2D eigenvalue weighted by atomic mass is 35.5. The van der Waals surface area contributed by atoms with Crippen LogP contribution in [0.2, 0.25) is 5.15 Å². The second-order valence-corrected chi connectivity index (χ2v) is 5.31. The molecule has 0 saturated carbocycles. The van der Waals surface area contributed by atoms with E-state index in [0.717, 1.165) is 33.6 Å². The third-order valence-electron chi connectivity index (χ3n) is 3.64. The maximum absolute atomic E-state index is 6.35. The second-order valence-electron chi connectivity index (χ2n) is 4.95. The Morgan fingerprint density at radius 2 is 1.62 bits per heavy atom. The molecule has 0 aliphatic rings. The van der Waals surface area contributed by atoms with Gasteiger partial charge in [-0.2, -0.15) is 0 Å². The van der Waals surface area contributed by atoms with Crippen LogP contribution >= 0.6 is 11.6 Å². The summed E-state index contributed by atoms with van der Waals surface area (Å²) in [4.78, 5) is 9.26. The third-order valence-corrected chi connectivity index (χ3v) is 3.93. The lowest BCUT2D eigenvalue weighted by molar-refractivity contribution is 1.07. The van der Waals surface area contributed by atoms with E-state index in [1.54, 1.807) is 0 Å². The lowest BCUT2D eigenvalue weighted by Gasteiger charge is -2.05. The molecule has 0 N–H and O–H groups in total. The minimum Gasteiger partial charge on any atom is -0.280 e. The van der Waals surface area contributed by atoms with Crippen molar-refractivity contribution in [1.82, 2.24) is 14.4 Å². The fourth-order valence-corrected chi connectivity index (χ4v) is 2.94. The largest absolute Gasteiger partial charge is 0.280 e. The SMILES string of the molecule is Cc1nc(-c2ccccc2)c2nc(Cl)c3ccccc3n12. The molecular weight excluding hydrogens is 282 g/mol. The van der Waals surface area contributed by atoms with Crippen molar-refractivity contribution in [2.45, 2.75) is 6.92 Å². The molecule has 0 radical (unpaired) electrons. The van der Waals surface area contributed by atoms with E-state index in [2.05, 4.69) is 9.38 Å². The van der Waals surface area contributed by atoms with Gasteiger partial charge < -0.3 is 0 Å². The summed E-state index contributed by atoms with van der Waals surface area (Å²) < 4.78 is 2.06. The normalized spacial score (nSPS) is 11.3. The Morgan fingerprint density at radius 3 is 2.43 bits per heavy atom. The maximum atomic E-state index is 6.35. The molecule has 4 rings (SSSR count). The first kappa shape index (κ1) is 12.4. The van der Waals surface area contributed by atoms with Crippen LogP contribution in [0.5, 0.6) is 0 Å². The predicted molar refractivity (Wildman–Crippen MR) is 85.7 cm³/mol. The van der Waals surface area contributed by atoms with Crippen molar-refractivity contribution in [3.8, 4) is 11.3 Å². The first-order valence-corrected chi connectivity index (χ1v) is 7.12. The zero-order valence-electron chi connectivity index (χ0n) is 11.4. The van der Waals surface area contributed by atoms with Crippen LogP contribution in [0.3, 0.4) is 0 Å². The Hall–Kier alpha value is -2.39. The minimum atomic E-state index is 0.509. The Morgan fingerprint density at radius 1 is 0.905 bits per heavy atom. The average Bonchev–Trinajstić information content (AvgIpc) is 2.85. The average molecular weight is 294 g/mol. The summed E-state index contributed by atoms with van der Waals surface area (Å²) in [6, 6.07) is 18.0. The molecule has 21 heavy (non-hydrogen) atoms. The van der Waals surface area contributed by atoms with Crippen LogP contribution in [0.4, 0.5) is 0 Å². The number of imidazole rings is 1. The van der Waals surface area contributed by atoms with Crippen molar-refractivity contribution >= 4 is 28.2 Å². The van der Waals surface area contributed by atoms with E-state index in [1.165, 1.54) is 0 Å². The highest BCUT2D eigenvalue weighted by Crippen LogP contribution is 2.29. The zero-order valence-corrected chi connectivity index (χ0v) is 12.2. The molecule has 0 fully saturated rings. The number of aryl methyl sites for hydroxylation is 1. The number of halogens is 1. The van der Waals surface area contributed by atoms with Crippen molar-refractivity contribution in [1.29, 1.82) is 0 Å². The maximum Gasteiger partial charge on any atom is 0.167 e. The second kappa shape index (κ2) is 4.57. The number of fused-ring (bicyclic) bond motifs is 3. The first-order valence-electron chi connectivity index (χ1n) is 6.74. The molecule has 0 unspecified atom stereocenters. The van der Waals surface area contributed by atoms with E-state index >= 15 is 0 Å². The van der Waals surface area contributed by atoms with Gasteiger partial charge in [-0.15, -0.1) is 0 Å². The van der Waals surface area contributed by atoms with Gasteiger partial charge in [0.1, 0.15) is 16.7 Å². The molecule has 0 spiro atoms. The van der Waals surface area contributed by atoms with E-state index in [9.17, 15) is 0 Å². The van der Waals surface area contributed by atoms with Crippen molar-refractivity contribution in [3.05, 3.63) is 65.6 Å². The molecule has 102 valence electrons. The lowest BCUT2D eigenvalue weighted by atomic mass is 10.1. The van der Waals surface area contributed by atoms with Crippen LogP contribution in [0, 0.1) is 6.92 Å². The van der Waals surface area contributed by atoms with E-state index in [0.29, 0.717) is 5.15 Å². The molecule has 0 aliphatic heterocycles. The summed E-state index contributed by atoms with van der Waals surface area (Å²) in [6.07, 6.45) is 0. The van der Waals surface area contributed by atoms with E-state index in [4.69, 9.17) is 16.6 Å². The van der Waals surface area contributed by atoms with E-state index in [-0.39, 0.29) is 0 Å². The summed E-state index contributed by atoms with van der Waals surface area (Å²) in [5.74, 6) is 0.907. The number of aromatic nitrogens is 3. The van der Waals surface area contributed by atoms with Crippen LogP contribution in [0.1, 0.15) is 5.82 Å². The molecule has 2 heterocycles. The molecule has 0 atom stereocenters. The van der Waals surface area contributed by atoms with Gasteiger partial charge >= 0.3 is 0 Å². The predicted octanol–water partition coefficient (Wildman–Crippen LogP) is 4.51. The molecule has 0 bridgehead atoms. The van der Waals surface area contributed by atoms with Gasteiger partial charge in [-0.3, -0.25) is 4.40 Å². The molecule has 0 saturated heterocycles. The highest BCUT2D eigenvalue weighted by Gasteiger charge is 2.15. The first-order chi connectivity index (χ1) is 10.3. The molecule has 4 heteroatoms. The fraction of sp³-hybridized carbons (Fsp3) is 0.0588. The Balaban J connectivity index is 2.17. The van der Waals surface area contributed by atoms with Crippen molar-refractivity contribution < 1.29 is 0 Å². The van der Waals surface area contributed by atoms with Crippen molar-refractivity contribution in [3.63, 3.8) is 0 Å². The molecule has 2 aromatic carbocycles. The van der Waals surface area contributed by atoms with Gasteiger partial charge in [0, 0.05) is 10.9 Å². The van der Waals surface area contributed by atoms with Crippen LogP contribution in [-0.4, -0.2) is 14.4 Å². The zero-order chi connectivity index (χ0) is 14.4. The van der Waals surface area contributed by atoms with Gasteiger partial charge in [-0.05, 0) is 19.1 Å². The van der Waals surface area contributed by atoms with Gasteiger partial charge in [-0.25, -0.2) is 9.97 Å². The summed E-state index contributed by atoms with van der Waals surface area (Å²) in [6.45, 7) is 1.99. The smallest absolute Gasteiger partial charge is 0.167 e. The number of hydrogen-bond acceptors (Lipinski definition) is 2. The van der Waals surface area contributed by atoms with Crippen LogP contribution in [0.15, 0.2) is 54.6 Å². The van der Waals surface area contributed by atoms with Crippen molar-refractivity contribution in [2.75, 3.05) is 0 Å². The van der Waals surface area contributed by atoms with Gasteiger partial charge in [0.05, 0.1) is 5.52 Å².